The molecule has 0 aromatic heterocycles. The van der Waals surface area contributed by atoms with Gasteiger partial charge < -0.3 is 15.0 Å². The van der Waals surface area contributed by atoms with Crippen LogP contribution in [0.3, 0.4) is 0 Å². The van der Waals surface area contributed by atoms with Gasteiger partial charge >= 0.3 is 6.36 Å². The number of alkyl halides is 3. The molecule has 0 spiro atoms. The molecule has 1 aromatic rings. The third-order valence-electron chi connectivity index (χ3n) is 4.15. The molecular formula is C17H23F3N2O2. The SMILES string of the molecule is CNCC1CCCN(C(=O)CCc2ccc(OC(F)(F)F)cc2)C1. The van der Waals surface area contributed by atoms with Crippen molar-refractivity contribution in [3.63, 3.8) is 0 Å². The minimum absolute atomic E-state index is 0.103. The van der Waals surface area contributed by atoms with E-state index < -0.39 is 6.36 Å². The highest BCUT2D eigenvalue weighted by Gasteiger charge is 2.31. The third-order valence-corrected chi connectivity index (χ3v) is 4.15. The zero-order valence-corrected chi connectivity index (χ0v) is 13.7. The molecule has 1 aliphatic rings. The van der Waals surface area contributed by atoms with Crippen molar-refractivity contribution in [2.45, 2.75) is 32.0 Å². The van der Waals surface area contributed by atoms with Crippen molar-refractivity contribution in [2.24, 2.45) is 5.92 Å². The topological polar surface area (TPSA) is 41.6 Å². The molecule has 0 radical (unpaired) electrons. The molecule has 1 fully saturated rings. The van der Waals surface area contributed by atoms with Gasteiger partial charge in [0.1, 0.15) is 5.75 Å². The van der Waals surface area contributed by atoms with Crippen molar-refractivity contribution < 1.29 is 22.7 Å². The molecule has 4 nitrogen and oxygen atoms in total. The molecule has 1 aliphatic heterocycles. The summed E-state index contributed by atoms with van der Waals surface area (Å²) in [6.07, 6.45) is -1.66. The molecule has 1 heterocycles. The van der Waals surface area contributed by atoms with Crippen LogP contribution in [0.4, 0.5) is 13.2 Å². The number of piperidine rings is 1. The summed E-state index contributed by atoms with van der Waals surface area (Å²) < 4.78 is 40.2. The molecule has 2 rings (SSSR count). The second kappa shape index (κ2) is 8.37. The smallest absolute Gasteiger partial charge is 0.406 e. The summed E-state index contributed by atoms with van der Waals surface area (Å²) in [6.45, 7) is 2.47. The van der Waals surface area contributed by atoms with Crippen LogP contribution >= 0.6 is 0 Å². The van der Waals surface area contributed by atoms with Gasteiger partial charge in [0.05, 0.1) is 0 Å². The lowest BCUT2D eigenvalue weighted by molar-refractivity contribution is -0.274. The number of nitrogens with zero attached hydrogens (tertiary/aromatic N) is 1. The van der Waals surface area contributed by atoms with E-state index in [9.17, 15) is 18.0 Å². The Hall–Kier alpha value is -1.76. The lowest BCUT2D eigenvalue weighted by Gasteiger charge is -2.32. The molecule has 0 saturated carbocycles. The first-order valence-electron chi connectivity index (χ1n) is 8.14. The number of likely N-dealkylation sites (tertiary alicyclic amines) is 1. The summed E-state index contributed by atoms with van der Waals surface area (Å²) in [7, 11) is 1.91. The Labute approximate surface area is 140 Å². The molecule has 24 heavy (non-hydrogen) atoms. The number of rotatable bonds is 6. The van der Waals surface area contributed by atoms with Crippen molar-refractivity contribution in [3.8, 4) is 5.75 Å². The molecule has 1 N–H and O–H groups in total. The maximum Gasteiger partial charge on any atom is 0.573 e. The van der Waals surface area contributed by atoms with Crippen LogP contribution in [0.15, 0.2) is 24.3 Å². The van der Waals surface area contributed by atoms with Gasteiger partial charge in [0, 0.05) is 19.5 Å². The Morgan fingerprint density at radius 3 is 2.67 bits per heavy atom. The van der Waals surface area contributed by atoms with Gasteiger partial charge in [-0.05, 0) is 56.5 Å². The lowest BCUT2D eigenvalue weighted by Crippen LogP contribution is -2.42. The van der Waals surface area contributed by atoms with Crippen LogP contribution < -0.4 is 10.1 Å². The van der Waals surface area contributed by atoms with Gasteiger partial charge in [-0.15, -0.1) is 13.2 Å². The van der Waals surface area contributed by atoms with Crippen molar-refractivity contribution in [1.82, 2.24) is 10.2 Å². The predicted octanol–water partition coefficient (Wildman–Crippen LogP) is 2.98. The van der Waals surface area contributed by atoms with E-state index in [0.29, 0.717) is 18.8 Å². The molecule has 1 saturated heterocycles. The van der Waals surface area contributed by atoms with Gasteiger partial charge in [0.15, 0.2) is 0 Å². The summed E-state index contributed by atoms with van der Waals surface area (Å²) in [5.74, 6) is 0.349. The molecule has 1 unspecified atom stereocenters. The summed E-state index contributed by atoms with van der Waals surface area (Å²) in [5, 5.41) is 3.15. The highest BCUT2D eigenvalue weighted by Crippen LogP contribution is 2.23. The van der Waals surface area contributed by atoms with E-state index in [4.69, 9.17) is 0 Å². The number of carbonyl (C=O) groups excluding carboxylic acids is 1. The first-order chi connectivity index (χ1) is 11.4. The standard InChI is InChI=1S/C17H23F3N2O2/c1-21-11-14-3-2-10-22(12-14)16(23)9-6-13-4-7-15(8-5-13)24-17(18,19)20/h4-5,7-8,14,21H,2-3,6,9-12H2,1H3. The van der Waals surface area contributed by atoms with Crippen LogP contribution in [-0.2, 0) is 11.2 Å². The average Bonchev–Trinajstić information content (AvgIpc) is 2.53. The lowest BCUT2D eigenvalue weighted by atomic mass is 9.97. The first kappa shape index (κ1) is 18.6. The Morgan fingerprint density at radius 2 is 2.04 bits per heavy atom. The van der Waals surface area contributed by atoms with E-state index in [1.807, 2.05) is 11.9 Å². The monoisotopic (exact) mass is 344 g/mol. The molecule has 1 amide bonds. The summed E-state index contributed by atoms with van der Waals surface area (Å²) >= 11 is 0. The van der Waals surface area contributed by atoms with E-state index in [1.54, 1.807) is 12.1 Å². The quantitative estimate of drug-likeness (QED) is 0.863. The summed E-state index contributed by atoms with van der Waals surface area (Å²) in [6, 6.07) is 5.68. The number of hydrogen-bond acceptors (Lipinski definition) is 3. The van der Waals surface area contributed by atoms with Crippen molar-refractivity contribution >= 4 is 5.91 Å². The van der Waals surface area contributed by atoms with Crippen LogP contribution in [0.1, 0.15) is 24.8 Å². The first-order valence-corrected chi connectivity index (χ1v) is 8.14. The summed E-state index contributed by atoms with van der Waals surface area (Å²) in [5.41, 5.74) is 0.821. The zero-order chi connectivity index (χ0) is 17.6. The second-order valence-corrected chi connectivity index (χ2v) is 6.10. The van der Waals surface area contributed by atoms with E-state index >= 15 is 0 Å². The van der Waals surface area contributed by atoms with Crippen LogP contribution in [0.2, 0.25) is 0 Å². The normalized spacial score (nSPS) is 18.5. The molecule has 1 aromatic carbocycles. The van der Waals surface area contributed by atoms with Crippen molar-refractivity contribution in [1.29, 1.82) is 0 Å². The third kappa shape index (κ3) is 6.03. The van der Waals surface area contributed by atoms with Crippen molar-refractivity contribution in [3.05, 3.63) is 29.8 Å². The van der Waals surface area contributed by atoms with Gasteiger partial charge in [-0.1, -0.05) is 12.1 Å². The molecular weight excluding hydrogens is 321 g/mol. The number of ether oxygens (including phenoxy) is 1. The number of carbonyl (C=O) groups is 1. The Balaban J connectivity index is 1.81. The van der Waals surface area contributed by atoms with Crippen molar-refractivity contribution in [2.75, 3.05) is 26.7 Å². The van der Waals surface area contributed by atoms with Gasteiger partial charge in [0.25, 0.3) is 0 Å². The Kier molecular flexibility index (Phi) is 6.48. The zero-order valence-electron chi connectivity index (χ0n) is 13.7. The van der Waals surface area contributed by atoms with E-state index in [-0.39, 0.29) is 11.7 Å². The molecule has 1 atom stereocenters. The second-order valence-electron chi connectivity index (χ2n) is 6.10. The minimum Gasteiger partial charge on any atom is -0.406 e. The van der Waals surface area contributed by atoms with Crippen LogP contribution in [-0.4, -0.2) is 43.9 Å². The summed E-state index contributed by atoms with van der Waals surface area (Å²) in [4.78, 5) is 14.2. The highest BCUT2D eigenvalue weighted by molar-refractivity contribution is 5.76. The van der Waals surface area contributed by atoms with Gasteiger partial charge in [0.2, 0.25) is 5.91 Å². The minimum atomic E-state index is -4.68. The van der Waals surface area contributed by atoms with Crippen LogP contribution in [0.25, 0.3) is 0 Å². The predicted molar refractivity (Wildman–Crippen MR) is 84.7 cm³/mol. The number of halogens is 3. The van der Waals surface area contributed by atoms with Crippen LogP contribution in [0.5, 0.6) is 5.75 Å². The Bertz CT molecular complexity index is 530. The number of amides is 1. The van der Waals surface area contributed by atoms with E-state index in [1.165, 1.54) is 12.1 Å². The number of benzene rings is 1. The number of nitrogens with one attached hydrogen (secondary N) is 1. The number of hydrogen-bond donors (Lipinski definition) is 1. The molecule has 134 valence electrons. The van der Waals surface area contributed by atoms with Gasteiger partial charge in [-0.3, -0.25) is 4.79 Å². The average molecular weight is 344 g/mol. The maximum atomic E-state index is 12.3. The van der Waals surface area contributed by atoms with Gasteiger partial charge in [-0.2, -0.15) is 0 Å². The van der Waals surface area contributed by atoms with Crippen LogP contribution in [0, 0.1) is 5.92 Å². The Morgan fingerprint density at radius 1 is 1.33 bits per heavy atom. The maximum absolute atomic E-state index is 12.3. The fourth-order valence-electron chi connectivity index (χ4n) is 3.01. The number of aryl methyl sites for hydroxylation is 1. The fraction of sp³-hybridized carbons (Fsp3) is 0.588. The van der Waals surface area contributed by atoms with E-state index in [0.717, 1.165) is 38.0 Å². The largest absolute Gasteiger partial charge is 0.573 e. The molecule has 7 heteroatoms. The molecule has 0 aliphatic carbocycles. The highest BCUT2D eigenvalue weighted by atomic mass is 19.4. The van der Waals surface area contributed by atoms with E-state index in [2.05, 4.69) is 10.1 Å². The molecule has 0 bridgehead atoms. The fourth-order valence-corrected chi connectivity index (χ4v) is 3.01. The van der Waals surface area contributed by atoms with Gasteiger partial charge in [-0.25, -0.2) is 0 Å².